The van der Waals surface area contributed by atoms with Crippen LogP contribution < -0.4 is 0 Å². The third-order valence-electron chi connectivity index (χ3n) is 4.15. The van der Waals surface area contributed by atoms with Crippen LogP contribution in [0.1, 0.15) is 34.1 Å². The van der Waals surface area contributed by atoms with Crippen molar-refractivity contribution in [2.75, 3.05) is 0 Å². The molecule has 4 aromatic rings. The first kappa shape index (κ1) is 16.9. The van der Waals surface area contributed by atoms with E-state index in [9.17, 15) is 4.79 Å². The second-order valence-corrected chi connectivity index (χ2v) is 8.37. The van der Waals surface area contributed by atoms with Gasteiger partial charge in [-0.1, -0.05) is 12.1 Å². The SMILES string of the molecule is Cc1cn2c(/C=C(/CCC(=O)O)c3nc4ccccc4s3)c(C)nc2s1. The van der Waals surface area contributed by atoms with Crippen molar-refractivity contribution in [2.45, 2.75) is 26.7 Å². The minimum atomic E-state index is -0.807. The predicted octanol–water partition coefficient (Wildman–Crippen LogP) is 5.03. The number of thiazole rings is 2. The number of benzene rings is 1. The van der Waals surface area contributed by atoms with Crippen LogP contribution in [0.15, 0.2) is 30.5 Å². The number of aryl methyl sites for hydroxylation is 2. The van der Waals surface area contributed by atoms with E-state index in [1.165, 1.54) is 4.88 Å². The number of fused-ring (bicyclic) bond motifs is 2. The molecule has 5 nitrogen and oxygen atoms in total. The predicted molar refractivity (Wildman–Crippen MR) is 107 cm³/mol. The summed E-state index contributed by atoms with van der Waals surface area (Å²) in [7, 11) is 0. The first-order valence-corrected chi connectivity index (χ1v) is 9.88. The van der Waals surface area contributed by atoms with Crippen LogP contribution in [0.25, 0.3) is 26.8 Å². The monoisotopic (exact) mass is 383 g/mol. The maximum Gasteiger partial charge on any atom is 0.303 e. The highest BCUT2D eigenvalue weighted by molar-refractivity contribution is 7.19. The standard InChI is InChI=1S/C19H17N3O2S2/c1-11-10-22-15(12(2)20-19(22)25-11)9-13(7-8-17(23)24)18-21-14-5-3-4-6-16(14)26-18/h3-6,9-10H,7-8H2,1-2H3,(H,23,24)/b13-9-. The van der Waals surface area contributed by atoms with Crippen LogP contribution in [0.5, 0.6) is 0 Å². The van der Waals surface area contributed by atoms with Gasteiger partial charge in [0.25, 0.3) is 0 Å². The van der Waals surface area contributed by atoms with E-state index in [1.54, 1.807) is 22.7 Å². The number of aromatic nitrogens is 3. The second-order valence-electron chi connectivity index (χ2n) is 6.13. The lowest BCUT2D eigenvalue weighted by atomic mass is 10.1. The Kier molecular flexibility index (Phi) is 4.34. The summed E-state index contributed by atoms with van der Waals surface area (Å²) in [6.45, 7) is 4.04. The van der Waals surface area contributed by atoms with Gasteiger partial charge in [-0.3, -0.25) is 9.20 Å². The Labute approximate surface area is 158 Å². The molecular formula is C19H17N3O2S2. The molecule has 132 valence electrons. The zero-order valence-electron chi connectivity index (χ0n) is 14.4. The lowest BCUT2D eigenvalue weighted by molar-refractivity contribution is -0.136. The molecule has 0 aliphatic carbocycles. The number of carboxylic acid groups (broad SMARTS) is 1. The smallest absolute Gasteiger partial charge is 0.303 e. The summed E-state index contributed by atoms with van der Waals surface area (Å²) in [5, 5.41) is 10.0. The van der Waals surface area contributed by atoms with Crippen LogP contribution in [0, 0.1) is 13.8 Å². The van der Waals surface area contributed by atoms with Gasteiger partial charge < -0.3 is 5.11 Å². The van der Waals surface area contributed by atoms with Gasteiger partial charge >= 0.3 is 5.97 Å². The summed E-state index contributed by atoms with van der Waals surface area (Å²) in [6, 6.07) is 7.97. The largest absolute Gasteiger partial charge is 0.481 e. The van der Waals surface area contributed by atoms with Gasteiger partial charge in [-0.2, -0.15) is 0 Å². The van der Waals surface area contributed by atoms with Crippen molar-refractivity contribution in [3.63, 3.8) is 0 Å². The number of aliphatic carboxylic acids is 1. The third-order valence-corrected chi connectivity index (χ3v) is 6.16. The number of carboxylic acids is 1. The van der Waals surface area contributed by atoms with Gasteiger partial charge in [0.05, 0.1) is 21.6 Å². The van der Waals surface area contributed by atoms with E-state index in [1.807, 2.05) is 37.3 Å². The molecule has 3 aromatic heterocycles. The normalized spacial score (nSPS) is 12.3. The Morgan fingerprint density at radius 2 is 2.00 bits per heavy atom. The molecule has 0 aliphatic heterocycles. The Morgan fingerprint density at radius 1 is 1.19 bits per heavy atom. The molecule has 0 fully saturated rings. The first-order chi connectivity index (χ1) is 12.5. The van der Waals surface area contributed by atoms with E-state index in [0.717, 1.165) is 37.1 Å². The fourth-order valence-electron chi connectivity index (χ4n) is 2.91. The Hall–Kier alpha value is -2.51. The molecule has 0 saturated heterocycles. The molecule has 0 saturated carbocycles. The lowest BCUT2D eigenvalue weighted by Crippen LogP contribution is -1.96. The molecule has 7 heteroatoms. The van der Waals surface area contributed by atoms with Gasteiger partial charge in [0.15, 0.2) is 4.96 Å². The highest BCUT2D eigenvalue weighted by Gasteiger charge is 2.15. The third kappa shape index (κ3) is 3.15. The topological polar surface area (TPSA) is 67.5 Å². The van der Waals surface area contributed by atoms with Crippen LogP contribution in [0.4, 0.5) is 0 Å². The number of imidazole rings is 1. The van der Waals surface area contributed by atoms with Crippen molar-refractivity contribution < 1.29 is 9.90 Å². The first-order valence-electron chi connectivity index (χ1n) is 8.24. The number of hydrogen-bond donors (Lipinski definition) is 1. The van der Waals surface area contributed by atoms with E-state index < -0.39 is 5.97 Å². The summed E-state index contributed by atoms with van der Waals surface area (Å²) < 4.78 is 3.17. The van der Waals surface area contributed by atoms with Crippen molar-refractivity contribution in [2.24, 2.45) is 0 Å². The van der Waals surface area contributed by atoms with Crippen molar-refractivity contribution in [3.8, 4) is 0 Å². The minimum Gasteiger partial charge on any atom is -0.481 e. The molecule has 4 rings (SSSR count). The van der Waals surface area contributed by atoms with Crippen LogP contribution in [-0.4, -0.2) is 25.4 Å². The Balaban J connectivity index is 1.84. The maximum atomic E-state index is 11.1. The second kappa shape index (κ2) is 6.66. The van der Waals surface area contributed by atoms with E-state index in [2.05, 4.69) is 22.5 Å². The number of para-hydroxylation sites is 1. The fraction of sp³-hybridized carbons (Fsp3) is 0.211. The summed E-state index contributed by atoms with van der Waals surface area (Å²) in [5.41, 5.74) is 3.80. The van der Waals surface area contributed by atoms with Gasteiger partial charge in [-0.15, -0.1) is 22.7 Å². The van der Waals surface area contributed by atoms with E-state index in [0.29, 0.717) is 6.42 Å². The molecule has 1 aromatic carbocycles. The van der Waals surface area contributed by atoms with Crippen LogP contribution in [0.3, 0.4) is 0 Å². The number of allylic oxidation sites excluding steroid dienone is 1. The molecule has 0 amide bonds. The van der Waals surface area contributed by atoms with E-state index >= 15 is 0 Å². The summed E-state index contributed by atoms with van der Waals surface area (Å²) in [4.78, 5) is 22.6. The highest BCUT2D eigenvalue weighted by Crippen LogP contribution is 2.32. The Morgan fingerprint density at radius 3 is 2.77 bits per heavy atom. The van der Waals surface area contributed by atoms with Gasteiger partial charge in [-0.05, 0) is 44.1 Å². The summed E-state index contributed by atoms with van der Waals surface area (Å²) in [6.07, 6.45) is 4.62. The van der Waals surface area contributed by atoms with Crippen molar-refractivity contribution in [3.05, 3.63) is 51.7 Å². The van der Waals surface area contributed by atoms with Crippen molar-refractivity contribution >= 4 is 55.5 Å². The number of rotatable bonds is 5. The highest BCUT2D eigenvalue weighted by atomic mass is 32.1. The number of hydrogen-bond acceptors (Lipinski definition) is 5. The molecule has 26 heavy (non-hydrogen) atoms. The summed E-state index contributed by atoms with van der Waals surface area (Å²) in [5.74, 6) is -0.807. The molecular weight excluding hydrogens is 366 g/mol. The molecule has 0 aliphatic rings. The minimum absolute atomic E-state index is 0.0748. The van der Waals surface area contributed by atoms with Gasteiger partial charge in [-0.25, -0.2) is 9.97 Å². The van der Waals surface area contributed by atoms with Crippen LogP contribution in [-0.2, 0) is 4.79 Å². The van der Waals surface area contributed by atoms with Crippen molar-refractivity contribution in [1.29, 1.82) is 0 Å². The van der Waals surface area contributed by atoms with Gasteiger partial charge in [0, 0.05) is 17.5 Å². The Bertz CT molecular complexity index is 1120. The van der Waals surface area contributed by atoms with E-state index in [-0.39, 0.29) is 6.42 Å². The molecule has 0 bridgehead atoms. The molecule has 0 unspecified atom stereocenters. The lowest BCUT2D eigenvalue weighted by Gasteiger charge is -2.03. The number of carbonyl (C=O) groups is 1. The molecule has 0 atom stereocenters. The summed E-state index contributed by atoms with van der Waals surface area (Å²) >= 11 is 3.24. The molecule has 3 heterocycles. The molecule has 1 N–H and O–H groups in total. The van der Waals surface area contributed by atoms with E-state index in [4.69, 9.17) is 10.1 Å². The number of nitrogens with zero attached hydrogens (tertiary/aromatic N) is 3. The zero-order chi connectivity index (χ0) is 18.3. The van der Waals surface area contributed by atoms with Crippen LogP contribution in [0.2, 0.25) is 0 Å². The van der Waals surface area contributed by atoms with Gasteiger partial charge in [0.1, 0.15) is 5.01 Å². The van der Waals surface area contributed by atoms with Crippen LogP contribution >= 0.6 is 22.7 Å². The van der Waals surface area contributed by atoms with Gasteiger partial charge in [0.2, 0.25) is 0 Å². The molecule has 0 spiro atoms. The average molecular weight is 383 g/mol. The maximum absolute atomic E-state index is 11.1. The quantitative estimate of drug-likeness (QED) is 0.525. The fourth-order valence-corrected chi connectivity index (χ4v) is 4.80. The average Bonchev–Trinajstić information content (AvgIpc) is 3.24. The van der Waals surface area contributed by atoms with Crippen molar-refractivity contribution in [1.82, 2.24) is 14.4 Å². The zero-order valence-corrected chi connectivity index (χ0v) is 16.0. The molecule has 0 radical (unpaired) electrons.